The van der Waals surface area contributed by atoms with E-state index in [1.165, 1.54) is 11.1 Å². The van der Waals surface area contributed by atoms with Crippen molar-refractivity contribution in [3.05, 3.63) is 71.5 Å². The first-order valence-electron chi connectivity index (χ1n) is 10.4. The molecule has 3 heterocycles. The van der Waals surface area contributed by atoms with E-state index in [1.807, 2.05) is 35.2 Å². The van der Waals surface area contributed by atoms with Crippen LogP contribution in [0.15, 0.2) is 54.9 Å². The molecule has 3 aromatic rings. The van der Waals surface area contributed by atoms with Crippen LogP contribution in [0.25, 0.3) is 11.4 Å². The number of carbonyl (C=O) groups excluding carboxylic acids is 1. The van der Waals surface area contributed by atoms with Gasteiger partial charge in [0.25, 0.3) is 5.91 Å². The minimum Gasteiger partial charge on any atom is -0.497 e. The standard InChI is InChI=1S/C24H25N3O3/c1-29-18-6-7-21-17(16-18)8-15-30-24(21)9-13-27(14-10-24)23(28)20-5-3-2-4-19(20)22-25-11-12-26-22/h2-7,11-12,16H,8-10,13-15H2,1H3,(H,25,26). The fourth-order valence-electron chi connectivity index (χ4n) is 4.73. The summed E-state index contributed by atoms with van der Waals surface area (Å²) in [5.74, 6) is 1.64. The van der Waals surface area contributed by atoms with Crippen molar-refractivity contribution >= 4 is 5.91 Å². The van der Waals surface area contributed by atoms with E-state index in [1.54, 1.807) is 19.5 Å². The van der Waals surface area contributed by atoms with Gasteiger partial charge in [-0.05, 0) is 48.6 Å². The second kappa shape index (κ2) is 7.61. The number of nitrogens with one attached hydrogen (secondary N) is 1. The van der Waals surface area contributed by atoms with Crippen molar-refractivity contribution in [2.24, 2.45) is 0 Å². The first kappa shape index (κ1) is 18.9. The number of fused-ring (bicyclic) bond motifs is 2. The second-order valence-corrected chi connectivity index (χ2v) is 7.89. The molecule has 6 nitrogen and oxygen atoms in total. The zero-order valence-electron chi connectivity index (χ0n) is 17.1. The van der Waals surface area contributed by atoms with Gasteiger partial charge in [0.2, 0.25) is 0 Å². The van der Waals surface area contributed by atoms with Crippen LogP contribution in [-0.2, 0) is 16.8 Å². The van der Waals surface area contributed by atoms with E-state index < -0.39 is 0 Å². The zero-order valence-corrected chi connectivity index (χ0v) is 17.1. The van der Waals surface area contributed by atoms with E-state index >= 15 is 0 Å². The van der Waals surface area contributed by atoms with E-state index in [0.717, 1.165) is 30.6 Å². The monoisotopic (exact) mass is 403 g/mol. The predicted molar refractivity (Wildman–Crippen MR) is 113 cm³/mol. The number of imidazole rings is 1. The third-order valence-electron chi connectivity index (χ3n) is 6.32. The molecule has 0 bridgehead atoms. The number of piperidine rings is 1. The number of aromatic amines is 1. The first-order chi connectivity index (χ1) is 14.7. The molecule has 2 aliphatic heterocycles. The Kier molecular flexibility index (Phi) is 4.79. The molecule has 1 N–H and O–H groups in total. The highest BCUT2D eigenvalue weighted by molar-refractivity contribution is 6.00. The van der Waals surface area contributed by atoms with Gasteiger partial charge in [-0.15, -0.1) is 0 Å². The van der Waals surface area contributed by atoms with Gasteiger partial charge in [-0.2, -0.15) is 0 Å². The lowest BCUT2D eigenvalue weighted by molar-refractivity contribution is -0.0935. The number of nitrogens with zero attached hydrogens (tertiary/aromatic N) is 2. The average Bonchev–Trinajstić information content (AvgIpc) is 3.34. The summed E-state index contributed by atoms with van der Waals surface area (Å²) in [6, 6.07) is 13.9. The third kappa shape index (κ3) is 3.17. The lowest BCUT2D eigenvalue weighted by atomic mass is 9.79. The highest BCUT2D eigenvalue weighted by atomic mass is 16.5. The maximum absolute atomic E-state index is 13.3. The van der Waals surface area contributed by atoms with Gasteiger partial charge in [-0.3, -0.25) is 4.79 Å². The zero-order chi connectivity index (χ0) is 20.6. The Bertz CT molecular complexity index is 1050. The maximum Gasteiger partial charge on any atom is 0.254 e. The van der Waals surface area contributed by atoms with E-state index in [0.29, 0.717) is 31.1 Å². The summed E-state index contributed by atoms with van der Waals surface area (Å²) in [6.07, 6.45) is 5.96. The minimum absolute atomic E-state index is 0.0441. The predicted octanol–water partition coefficient (Wildman–Crippen LogP) is 3.79. The van der Waals surface area contributed by atoms with Gasteiger partial charge in [0.05, 0.1) is 24.9 Å². The minimum atomic E-state index is -0.308. The SMILES string of the molecule is COc1ccc2c(c1)CCOC21CCN(C(=O)c2ccccc2-c2ncc[nH]2)CC1. The van der Waals surface area contributed by atoms with Crippen molar-refractivity contribution in [2.45, 2.75) is 24.9 Å². The Morgan fingerprint density at radius 2 is 2.03 bits per heavy atom. The van der Waals surface area contributed by atoms with Gasteiger partial charge >= 0.3 is 0 Å². The van der Waals surface area contributed by atoms with Crippen LogP contribution >= 0.6 is 0 Å². The summed E-state index contributed by atoms with van der Waals surface area (Å²) in [5, 5.41) is 0. The lowest BCUT2D eigenvalue weighted by Crippen LogP contribution is -2.48. The number of ether oxygens (including phenoxy) is 2. The summed E-state index contributed by atoms with van der Waals surface area (Å²) in [7, 11) is 1.70. The van der Waals surface area contributed by atoms with Crippen LogP contribution in [0.2, 0.25) is 0 Å². The Morgan fingerprint density at radius 3 is 2.80 bits per heavy atom. The van der Waals surface area contributed by atoms with Crippen molar-refractivity contribution in [2.75, 3.05) is 26.8 Å². The molecule has 0 unspecified atom stereocenters. The van der Waals surface area contributed by atoms with Crippen LogP contribution in [0.3, 0.4) is 0 Å². The molecule has 2 aromatic carbocycles. The van der Waals surface area contributed by atoms with Crippen LogP contribution in [0.1, 0.15) is 34.3 Å². The van der Waals surface area contributed by atoms with Crippen LogP contribution in [0.4, 0.5) is 0 Å². The third-order valence-corrected chi connectivity index (χ3v) is 6.32. The number of hydrogen-bond donors (Lipinski definition) is 1. The van der Waals surface area contributed by atoms with Crippen molar-refractivity contribution in [3.8, 4) is 17.1 Å². The largest absolute Gasteiger partial charge is 0.497 e. The van der Waals surface area contributed by atoms with Gasteiger partial charge in [0.15, 0.2) is 0 Å². The Morgan fingerprint density at radius 1 is 1.20 bits per heavy atom. The molecule has 0 saturated carbocycles. The molecule has 154 valence electrons. The molecule has 0 aliphatic carbocycles. The number of methoxy groups -OCH3 is 1. The Labute approximate surface area is 175 Å². The molecular weight excluding hydrogens is 378 g/mol. The van der Waals surface area contributed by atoms with Gasteiger partial charge in [0.1, 0.15) is 11.6 Å². The van der Waals surface area contributed by atoms with Crippen molar-refractivity contribution in [3.63, 3.8) is 0 Å². The summed E-state index contributed by atoms with van der Waals surface area (Å²) < 4.78 is 11.7. The van der Waals surface area contributed by atoms with Gasteiger partial charge < -0.3 is 19.4 Å². The molecule has 2 aliphatic rings. The summed E-state index contributed by atoms with van der Waals surface area (Å²) in [5.41, 5.74) is 3.75. The molecule has 1 amide bonds. The Hall–Kier alpha value is -3.12. The molecule has 5 rings (SSSR count). The highest BCUT2D eigenvalue weighted by Gasteiger charge is 2.42. The number of amides is 1. The highest BCUT2D eigenvalue weighted by Crippen LogP contribution is 2.42. The molecule has 1 fully saturated rings. The Balaban J connectivity index is 1.37. The maximum atomic E-state index is 13.3. The van der Waals surface area contributed by atoms with E-state index in [4.69, 9.17) is 9.47 Å². The van der Waals surface area contributed by atoms with Crippen molar-refractivity contribution < 1.29 is 14.3 Å². The van der Waals surface area contributed by atoms with Gasteiger partial charge in [0, 0.05) is 31.0 Å². The molecular formula is C24H25N3O3. The quantitative estimate of drug-likeness (QED) is 0.723. The van der Waals surface area contributed by atoms with Crippen LogP contribution in [0.5, 0.6) is 5.75 Å². The normalized spacial score (nSPS) is 17.6. The molecule has 1 spiro atoms. The smallest absolute Gasteiger partial charge is 0.254 e. The molecule has 0 atom stereocenters. The fraction of sp³-hybridized carbons (Fsp3) is 0.333. The van der Waals surface area contributed by atoms with Crippen LogP contribution in [-0.4, -0.2) is 47.6 Å². The summed E-state index contributed by atoms with van der Waals surface area (Å²) in [6.45, 7) is 2.03. The van der Waals surface area contributed by atoms with E-state index in [-0.39, 0.29) is 11.5 Å². The molecule has 6 heteroatoms. The molecule has 30 heavy (non-hydrogen) atoms. The van der Waals surface area contributed by atoms with Crippen molar-refractivity contribution in [1.82, 2.24) is 14.9 Å². The van der Waals surface area contributed by atoms with Crippen LogP contribution in [0, 0.1) is 0 Å². The molecule has 1 aromatic heterocycles. The molecule has 1 saturated heterocycles. The second-order valence-electron chi connectivity index (χ2n) is 7.89. The van der Waals surface area contributed by atoms with Crippen molar-refractivity contribution in [1.29, 1.82) is 0 Å². The van der Waals surface area contributed by atoms with Gasteiger partial charge in [-0.1, -0.05) is 24.3 Å². The fourth-order valence-corrected chi connectivity index (χ4v) is 4.73. The number of likely N-dealkylation sites (tertiary alicyclic amines) is 1. The lowest BCUT2D eigenvalue weighted by Gasteiger charge is -2.45. The van der Waals surface area contributed by atoms with Gasteiger partial charge in [-0.25, -0.2) is 4.98 Å². The number of H-pyrrole nitrogens is 1. The average molecular weight is 403 g/mol. The number of aromatic nitrogens is 2. The number of carbonyl (C=O) groups is 1. The van der Waals surface area contributed by atoms with E-state index in [2.05, 4.69) is 22.1 Å². The summed E-state index contributed by atoms with van der Waals surface area (Å²) >= 11 is 0. The topological polar surface area (TPSA) is 67.5 Å². The van der Waals surface area contributed by atoms with E-state index in [9.17, 15) is 4.79 Å². The van der Waals surface area contributed by atoms with Crippen LogP contribution < -0.4 is 4.74 Å². The number of benzene rings is 2. The first-order valence-corrected chi connectivity index (χ1v) is 10.4. The number of rotatable bonds is 3. The number of hydrogen-bond acceptors (Lipinski definition) is 4. The summed E-state index contributed by atoms with van der Waals surface area (Å²) in [4.78, 5) is 22.7. The molecule has 0 radical (unpaired) electrons.